The monoisotopic (exact) mass is 911 g/mol. The zero-order valence-electron chi connectivity index (χ0n) is 31.3. The van der Waals surface area contributed by atoms with Gasteiger partial charge in [0, 0.05) is 31.7 Å². The van der Waals surface area contributed by atoms with Gasteiger partial charge in [-0.15, -0.1) is 18.2 Å². The van der Waals surface area contributed by atoms with Crippen LogP contribution in [0, 0.1) is 25.0 Å². The second-order valence-corrected chi connectivity index (χ2v) is 26.5. The van der Waals surface area contributed by atoms with Gasteiger partial charge in [-0.3, -0.25) is 0 Å². The fourth-order valence-electron chi connectivity index (χ4n) is 6.14. The second-order valence-electron chi connectivity index (χ2n) is 15.8. The third-order valence-electron chi connectivity index (χ3n) is 9.12. The molecule has 0 aliphatic rings. The number of fused-ring (bicyclic) bond motifs is 3. The Morgan fingerprint density at radius 2 is 1.51 bits per heavy atom. The van der Waals surface area contributed by atoms with Crippen molar-refractivity contribution in [3.63, 3.8) is 0 Å². The van der Waals surface area contributed by atoms with Crippen LogP contribution >= 0.6 is 0 Å². The Balaban J connectivity index is 0.000000237. The van der Waals surface area contributed by atoms with Crippen molar-refractivity contribution in [1.29, 1.82) is 0 Å². The normalized spacial score (nSPS) is 11.7. The molecule has 3 aromatic heterocycles. The molecule has 7 rings (SSSR count). The Labute approximate surface area is 320 Å². The van der Waals surface area contributed by atoms with Gasteiger partial charge in [0.15, 0.2) is 0 Å². The standard InChI is InChI=1S/C31H30NO.C15H18GeN.Ir/c1-20(2)17-21-15-16-32-28(18-21)27-8-6-7-26-25-14-11-23(19-29(25)33-30(26)27)22-9-12-24(13-10-22)31(3,4)5;1-12-5-7-13(8-6-12)15-10-9-14(11-17-15)16(2,3)4;/h6-7,9-16,18-20H,17H2,1-5H3;5-7,9-11H,1-4H3;/q2*-1;. The van der Waals surface area contributed by atoms with Gasteiger partial charge in [-0.1, -0.05) is 93.6 Å². The molecule has 0 unspecified atom stereocenters. The summed E-state index contributed by atoms with van der Waals surface area (Å²) in [6.45, 7) is 13.3. The number of aromatic nitrogens is 2. The molecule has 3 nitrogen and oxygen atoms in total. The van der Waals surface area contributed by atoms with Gasteiger partial charge in [-0.25, -0.2) is 0 Å². The quantitative estimate of drug-likeness (QED) is 0.123. The number of aryl methyl sites for hydroxylation is 1. The first-order chi connectivity index (χ1) is 23.8. The molecule has 0 saturated heterocycles. The maximum atomic E-state index is 6.43. The van der Waals surface area contributed by atoms with Crippen molar-refractivity contribution in [3.05, 3.63) is 138 Å². The van der Waals surface area contributed by atoms with E-state index in [1.54, 1.807) is 0 Å². The fourth-order valence-corrected chi connectivity index (χ4v) is 8.31. The van der Waals surface area contributed by atoms with E-state index in [2.05, 4.69) is 166 Å². The third kappa shape index (κ3) is 9.16. The van der Waals surface area contributed by atoms with E-state index >= 15 is 0 Å². The molecule has 1 radical (unpaired) electrons. The molecule has 0 aliphatic carbocycles. The zero-order valence-corrected chi connectivity index (χ0v) is 35.8. The summed E-state index contributed by atoms with van der Waals surface area (Å²) in [5.74, 6) is 7.75. The summed E-state index contributed by atoms with van der Waals surface area (Å²) >= 11 is -1.73. The number of hydrogen-bond donors (Lipinski definition) is 0. The maximum Gasteiger partial charge on any atom is 0 e. The van der Waals surface area contributed by atoms with E-state index in [0.717, 1.165) is 56.4 Å². The zero-order chi connectivity index (χ0) is 35.6. The molecule has 0 atom stereocenters. The van der Waals surface area contributed by atoms with Gasteiger partial charge in [-0.05, 0) is 52.3 Å². The van der Waals surface area contributed by atoms with Gasteiger partial charge in [0.25, 0.3) is 0 Å². The molecule has 0 saturated carbocycles. The van der Waals surface area contributed by atoms with E-state index in [0.29, 0.717) is 5.92 Å². The van der Waals surface area contributed by atoms with Gasteiger partial charge >= 0.3 is 106 Å². The van der Waals surface area contributed by atoms with Crippen LogP contribution in [-0.4, -0.2) is 23.2 Å². The van der Waals surface area contributed by atoms with E-state index in [1.807, 2.05) is 24.5 Å². The summed E-state index contributed by atoms with van der Waals surface area (Å²) in [7, 11) is 0. The smallest absolute Gasteiger partial charge is 0 e. The molecule has 7 aromatic rings. The number of pyridine rings is 2. The first-order valence-corrected chi connectivity index (χ1v) is 25.0. The van der Waals surface area contributed by atoms with E-state index in [9.17, 15) is 0 Å². The molecule has 0 N–H and O–H groups in total. The summed E-state index contributed by atoms with van der Waals surface area (Å²) < 4.78 is 7.87. The SMILES string of the molecule is CC(C)Cc1ccnc(-c2[c-]ccc3c2oc2cc(-c4ccc(C(C)(C)C)cc4)ccc23)c1.Cc1c[c-]c(-c2cc[c]([Ge]([CH3])([CH3])[CH3])cn2)cc1.[Ir]. The number of hydrogen-bond acceptors (Lipinski definition) is 3. The van der Waals surface area contributed by atoms with Crippen molar-refractivity contribution in [2.24, 2.45) is 5.92 Å². The average Bonchev–Trinajstić information content (AvgIpc) is 3.46. The summed E-state index contributed by atoms with van der Waals surface area (Å²) in [6, 6.07) is 40.8. The van der Waals surface area contributed by atoms with Crippen LogP contribution in [0.1, 0.15) is 51.3 Å². The molecule has 4 aromatic carbocycles. The van der Waals surface area contributed by atoms with E-state index in [-0.39, 0.29) is 25.5 Å². The van der Waals surface area contributed by atoms with E-state index < -0.39 is 13.3 Å². The van der Waals surface area contributed by atoms with Crippen LogP contribution < -0.4 is 4.40 Å². The first-order valence-electron chi connectivity index (χ1n) is 17.6. The van der Waals surface area contributed by atoms with Crippen LogP contribution in [-0.2, 0) is 31.9 Å². The number of furan rings is 1. The third-order valence-corrected chi connectivity index (χ3v) is 13.4. The Morgan fingerprint density at radius 3 is 2.14 bits per heavy atom. The van der Waals surface area contributed by atoms with Crippen LogP contribution in [0.3, 0.4) is 0 Å². The van der Waals surface area contributed by atoms with Crippen molar-refractivity contribution in [2.45, 2.75) is 70.6 Å². The van der Waals surface area contributed by atoms with Gasteiger partial charge in [0.1, 0.15) is 5.58 Å². The molecular weight excluding hydrogens is 861 g/mol. The van der Waals surface area contributed by atoms with Crippen molar-refractivity contribution in [2.75, 3.05) is 0 Å². The van der Waals surface area contributed by atoms with Crippen molar-refractivity contribution in [1.82, 2.24) is 9.97 Å². The van der Waals surface area contributed by atoms with Crippen LogP contribution in [0.4, 0.5) is 0 Å². The fraction of sp³-hybridized carbons (Fsp3) is 0.261. The molecule has 0 amide bonds. The van der Waals surface area contributed by atoms with Gasteiger partial charge in [0.2, 0.25) is 0 Å². The Bertz CT molecular complexity index is 2220. The predicted octanol–water partition coefficient (Wildman–Crippen LogP) is 12.0. The van der Waals surface area contributed by atoms with Crippen LogP contribution in [0.5, 0.6) is 0 Å². The van der Waals surface area contributed by atoms with Gasteiger partial charge < -0.3 is 9.40 Å². The van der Waals surface area contributed by atoms with Crippen molar-refractivity contribution in [3.8, 4) is 33.6 Å². The van der Waals surface area contributed by atoms with E-state index in [1.165, 1.54) is 26.6 Å². The topological polar surface area (TPSA) is 38.9 Å². The predicted molar refractivity (Wildman–Crippen MR) is 215 cm³/mol. The first kappa shape index (κ1) is 38.4. The minimum absolute atomic E-state index is 0. The number of nitrogens with zero attached hydrogens (tertiary/aromatic N) is 2. The van der Waals surface area contributed by atoms with Gasteiger partial charge in [-0.2, -0.15) is 0 Å². The summed E-state index contributed by atoms with van der Waals surface area (Å²) in [5.41, 5.74) is 12.0. The Hall–Kier alpha value is -3.83. The van der Waals surface area contributed by atoms with Crippen LogP contribution in [0.15, 0.2) is 114 Å². The molecule has 0 aliphatic heterocycles. The molecule has 51 heavy (non-hydrogen) atoms. The summed E-state index contributed by atoms with van der Waals surface area (Å²) in [4.78, 5) is 9.20. The molecule has 0 bridgehead atoms. The summed E-state index contributed by atoms with van der Waals surface area (Å²) in [5, 5.41) is 2.22. The molecular formula is C46H48GeIrN2O-2. The largest absolute Gasteiger partial charge is 0 e. The summed E-state index contributed by atoms with van der Waals surface area (Å²) in [6.07, 6.45) is 4.97. The molecule has 263 valence electrons. The minimum Gasteiger partial charge on any atom is 0 e. The van der Waals surface area contributed by atoms with E-state index in [4.69, 9.17) is 4.42 Å². The van der Waals surface area contributed by atoms with Crippen molar-refractivity contribution < 1.29 is 24.5 Å². The van der Waals surface area contributed by atoms with Gasteiger partial charge in [0.05, 0.1) is 5.58 Å². The molecule has 5 heteroatoms. The van der Waals surface area contributed by atoms with Crippen LogP contribution in [0.25, 0.3) is 55.6 Å². The average molecular weight is 910 g/mol. The Kier molecular flexibility index (Phi) is 11.9. The number of benzene rings is 4. The minimum atomic E-state index is -1.73. The molecule has 0 fully saturated rings. The maximum absolute atomic E-state index is 6.43. The van der Waals surface area contributed by atoms with Crippen LogP contribution in [0.2, 0.25) is 17.3 Å². The second kappa shape index (κ2) is 15.8. The molecule has 3 heterocycles. The Morgan fingerprint density at radius 1 is 0.765 bits per heavy atom. The number of rotatable bonds is 6. The van der Waals surface area contributed by atoms with Crippen molar-refractivity contribution >= 4 is 39.6 Å². The molecule has 0 spiro atoms.